The summed E-state index contributed by atoms with van der Waals surface area (Å²) >= 11 is 0. The molecule has 4 aromatic heterocycles. The van der Waals surface area contributed by atoms with Gasteiger partial charge in [-0.15, -0.1) is 20.5 Å². The van der Waals surface area contributed by atoms with Gasteiger partial charge in [0.25, 0.3) is 0 Å². The van der Waals surface area contributed by atoms with Crippen molar-refractivity contribution in [1.82, 2.24) is 19.9 Å². The van der Waals surface area contributed by atoms with Gasteiger partial charge in [0.1, 0.15) is 35.1 Å². The number of nitrogens with zero attached hydrogens (tertiary/aromatic N) is 8. The average Bonchev–Trinajstić information content (AvgIpc) is 3.09. The number of anilines is 2. The molecule has 0 aliphatic rings. The molecule has 0 fully saturated rings. The third kappa shape index (κ3) is 33.3. The number of aromatic nitrogens is 4. The van der Waals surface area contributed by atoms with Gasteiger partial charge in [-0.25, -0.2) is 47.2 Å². The maximum absolute atomic E-state index is 11.5. The minimum absolute atomic E-state index is 0. The molecule has 344 valence electrons. The first-order valence-electron chi connectivity index (χ1n) is 16.8. The maximum Gasteiger partial charge on any atom is 1.00 e. The molecule has 0 bridgehead atoms. The fourth-order valence-electron chi connectivity index (χ4n) is 3.27. The molecule has 60 heavy (non-hydrogen) atoms. The van der Waals surface area contributed by atoms with Crippen molar-refractivity contribution < 1.29 is 101 Å². The molecule has 0 N–H and O–H groups in total. The number of hydrogen-bond acceptors (Lipinski definition) is 18. The Labute approximate surface area is 376 Å². The number of rotatable bonds is 4. The van der Waals surface area contributed by atoms with E-state index in [2.05, 4.69) is 19.9 Å². The van der Waals surface area contributed by atoms with Crippen LogP contribution in [0.3, 0.4) is 0 Å². The van der Waals surface area contributed by atoms with Crippen molar-refractivity contribution in [3.63, 3.8) is 0 Å². The zero-order valence-corrected chi connectivity index (χ0v) is 38.5. The van der Waals surface area contributed by atoms with E-state index in [1.165, 1.54) is 0 Å². The Kier molecular flexibility index (Phi) is 29.8. The summed E-state index contributed by atoms with van der Waals surface area (Å²) < 4.78 is 69.8. The largest absolute Gasteiger partial charge is 1.00 e. The van der Waals surface area contributed by atoms with Crippen LogP contribution in [-0.4, -0.2) is 51.6 Å². The fraction of sp³-hybridized carbons (Fsp3) is 0.444. The predicted octanol–water partition coefficient (Wildman–Crippen LogP) is -0.567. The third-order valence-electron chi connectivity index (χ3n) is 5.87. The second kappa shape index (κ2) is 28.3. The van der Waals surface area contributed by atoms with Gasteiger partial charge in [-0.2, -0.15) is 0 Å². The van der Waals surface area contributed by atoms with E-state index >= 15 is 0 Å². The second-order valence-electron chi connectivity index (χ2n) is 15.4. The zero-order valence-electron chi connectivity index (χ0n) is 35.1. The van der Waals surface area contributed by atoms with Crippen LogP contribution in [0.2, 0.25) is 0 Å². The van der Waals surface area contributed by atoms with Crippen molar-refractivity contribution in [2.24, 2.45) is 0 Å². The number of pyridine rings is 4. The molecule has 24 heteroatoms. The second-order valence-corrected chi connectivity index (χ2v) is 16.9. The van der Waals surface area contributed by atoms with Crippen LogP contribution < -0.4 is 47.4 Å². The van der Waals surface area contributed by atoms with E-state index in [1.807, 2.05) is 83.1 Å². The molecule has 0 amide bonds. The van der Waals surface area contributed by atoms with E-state index in [0.29, 0.717) is 23.3 Å². The van der Waals surface area contributed by atoms with Gasteiger partial charge in [-0.05, 0) is 139 Å². The molecule has 0 saturated carbocycles. The molecule has 0 saturated heterocycles. The number of halogens is 2. The predicted molar refractivity (Wildman–Crippen MR) is 194 cm³/mol. The Balaban J connectivity index is -0.000000321. The molecule has 20 nitrogen and oxygen atoms in total. The molecular formula is C36H52Cl2Cu2N8O12. The molecule has 0 unspecified atom stereocenters. The summed E-state index contributed by atoms with van der Waals surface area (Å²) in [5.74, 6) is 1.85. The molecule has 0 aliphatic heterocycles. The Hall–Kier alpha value is -3.38. The molecule has 4 heterocycles. The monoisotopic (exact) mass is 984 g/mol. The van der Waals surface area contributed by atoms with Gasteiger partial charge in [-0.1, -0.05) is 34.1 Å². The molecule has 0 aromatic carbocycles. The number of hydroxylamine groups is 2. The summed E-state index contributed by atoms with van der Waals surface area (Å²) in [6.45, 7) is 22.3. The summed E-state index contributed by atoms with van der Waals surface area (Å²) in [6, 6.07) is 21.2. The molecule has 0 aliphatic carbocycles. The van der Waals surface area contributed by atoms with Crippen molar-refractivity contribution in [1.29, 1.82) is 0 Å². The van der Waals surface area contributed by atoms with Crippen LogP contribution in [0.1, 0.15) is 83.1 Å². The third-order valence-corrected chi connectivity index (χ3v) is 5.87. The van der Waals surface area contributed by atoms with Crippen molar-refractivity contribution in [3.05, 3.63) is 118 Å². The Morgan fingerprint density at radius 1 is 0.433 bits per heavy atom. The zero-order chi connectivity index (χ0) is 45.8. The van der Waals surface area contributed by atoms with Gasteiger partial charge in [0.2, 0.25) is 0 Å². The van der Waals surface area contributed by atoms with Crippen LogP contribution in [0.4, 0.5) is 23.3 Å². The fourth-order valence-corrected chi connectivity index (χ4v) is 3.27. The standard InChI is InChI=1S/4C9H13N2O.2ClHO4.2Cu/c4*1-9(2,3)11(12)8-6-4-5-7-10-8;2*2-1(3,4)5;;/h4*4-7H,1-3H3;2*(H,2,3,4,5);;/q2*-1;2*+1;;;2*+1/p-2. The molecule has 4 aromatic rings. The summed E-state index contributed by atoms with van der Waals surface area (Å²) in [6.07, 6.45) is 6.47. The molecule has 0 radical (unpaired) electrons. The van der Waals surface area contributed by atoms with Gasteiger partial charge in [0.15, 0.2) is 0 Å². The SMILES string of the molecule is CC(C)(C)N([O-])c1ccccn1.CC(C)(C)N([O-])c1ccccn1.CC(C)(C)[N+](=O)c1ccccn1.CC(C)(C)[N+](=O)c1ccccn1.[Cu+].[Cu+].[O-][Cl+3]([O-])([O-])[O-].[O-][Cl+3]([O-])([O-])[O-]. The van der Waals surface area contributed by atoms with Crippen LogP contribution in [0.5, 0.6) is 0 Å². The normalized spacial score (nSPS) is 11.0. The van der Waals surface area contributed by atoms with Crippen LogP contribution in [-0.2, 0) is 34.1 Å². The number of nitroso groups, excluding NO2 is 2. The first kappa shape index (κ1) is 63.3. The van der Waals surface area contributed by atoms with Gasteiger partial charge >= 0.3 is 45.8 Å². The van der Waals surface area contributed by atoms with Crippen molar-refractivity contribution in [2.75, 3.05) is 10.1 Å². The van der Waals surface area contributed by atoms with Crippen molar-refractivity contribution in [2.45, 2.75) is 105 Å². The van der Waals surface area contributed by atoms with E-state index in [1.54, 1.807) is 97.6 Å². The van der Waals surface area contributed by atoms with E-state index < -0.39 is 42.6 Å². The van der Waals surface area contributed by atoms with Crippen LogP contribution >= 0.6 is 0 Å². The van der Waals surface area contributed by atoms with Crippen LogP contribution in [0.25, 0.3) is 0 Å². The van der Waals surface area contributed by atoms with E-state index in [9.17, 15) is 20.2 Å². The van der Waals surface area contributed by atoms with Crippen molar-refractivity contribution >= 4 is 23.3 Å². The van der Waals surface area contributed by atoms with Crippen LogP contribution in [0.15, 0.2) is 97.6 Å². The Morgan fingerprint density at radius 2 is 0.650 bits per heavy atom. The van der Waals surface area contributed by atoms with E-state index in [0.717, 1.165) is 19.6 Å². The van der Waals surface area contributed by atoms with Crippen molar-refractivity contribution in [3.8, 4) is 0 Å². The van der Waals surface area contributed by atoms with E-state index in [-0.39, 0.29) is 34.1 Å². The van der Waals surface area contributed by atoms with E-state index in [4.69, 9.17) is 37.3 Å². The first-order valence-corrected chi connectivity index (χ1v) is 19.3. The molecule has 0 spiro atoms. The van der Waals surface area contributed by atoms with Gasteiger partial charge in [0.05, 0.1) is 0 Å². The summed E-state index contributed by atoms with van der Waals surface area (Å²) in [5, 5.41) is 24.9. The van der Waals surface area contributed by atoms with Gasteiger partial charge < -0.3 is 20.5 Å². The van der Waals surface area contributed by atoms with Gasteiger partial charge in [-0.3, -0.25) is 0 Å². The minimum Gasteiger partial charge on any atom is -0.757 e. The average molecular weight is 987 g/mol. The molecular weight excluding hydrogens is 934 g/mol. The number of hydrogen-bond donors (Lipinski definition) is 0. The summed E-state index contributed by atoms with van der Waals surface area (Å²) in [4.78, 5) is 38.9. The van der Waals surface area contributed by atoms with Crippen LogP contribution in [0, 0.1) is 40.7 Å². The maximum atomic E-state index is 11.5. The van der Waals surface area contributed by atoms with Gasteiger partial charge in [0, 0.05) is 35.6 Å². The topological polar surface area (TPSA) is 329 Å². The summed E-state index contributed by atoms with van der Waals surface area (Å²) in [7, 11) is -9.89. The summed E-state index contributed by atoms with van der Waals surface area (Å²) in [5.41, 5.74) is -1.69. The first-order chi connectivity index (χ1) is 26.1. The molecule has 0 atom stereocenters. The Morgan fingerprint density at radius 3 is 0.800 bits per heavy atom. The minimum atomic E-state index is -4.94. The quantitative estimate of drug-likeness (QED) is 0.140. The smallest absolute Gasteiger partial charge is 0.757 e. The molecule has 4 rings (SSSR count). The Bertz CT molecular complexity index is 1590.